The lowest BCUT2D eigenvalue weighted by Gasteiger charge is -2.02. The Morgan fingerprint density at radius 3 is 2.29 bits per heavy atom. The molecule has 1 heterocycles. The third-order valence-electron chi connectivity index (χ3n) is 2.93. The van der Waals surface area contributed by atoms with Crippen molar-refractivity contribution in [2.24, 2.45) is 7.05 Å². The van der Waals surface area contributed by atoms with Gasteiger partial charge in [0, 0.05) is 23.3 Å². The summed E-state index contributed by atoms with van der Waals surface area (Å²) in [6.45, 7) is 3.84. The molecule has 2 rings (SSSR count). The fourth-order valence-corrected chi connectivity index (χ4v) is 1.78. The molecule has 0 unspecified atom stereocenters. The summed E-state index contributed by atoms with van der Waals surface area (Å²) < 4.78 is 1.81. The van der Waals surface area contributed by atoms with E-state index >= 15 is 0 Å². The van der Waals surface area contributed by atoms with Crippen LogP contribution in [0.3, 0.4) is 0 Å². The molecule has 0 amide bonds. The molecule has 0 saturated heterocycles. The highest BCUT2D eigenvalue weighted by Gasteiger charge is 2.17. The van der Waals surface area contributed by atoms with Crippen LogP contribution in [0.1, 0.15) is 27.6 Å². The van der Waals surface area contributed by atoms with Crippen LogP contribution in [-0.2, 0) is 7.05 Å². The number of carbonyl (C=O) groups is 1. The number of hydrogen-bond donors (Lipinski definition) is 0. The molecule has 0 saturated carbocycles. The van der Waals surface area contributed by atoms with Crippen LogP contribution in [0.15, 0.2) is 24.3 Å². The first-order valence-corrected chi connectivity index (χ1v) is 5.68. The summed E-state index contributed by atoms with van der Waals surface area (Å²) in [6.07, 6.45) is 0. The smallest absolute Gasteiger partial charge is 0.228 e. The molecule has 0 bridgehead atoms. The fraction of sp³-hybridized carbons (Fsp3) is 0.231. The monoisotopic (exact) mass is 248 g/mol. The second-order valence-electron chi connectivity index (χ2n) is 4.00. The van der Waals surface area contributed by atoms with Crippen LogP contribution in [0.4, 0.5) is 0 Å². The van der Waals surface area contributed by atoms with Crippen molar-refractivity contribution in [2.75, 3.05) is 0 Å². The number of rotatable bonds is 2. The molecule has 0 spiro atoms. The quantitative estimate of drug-likeness (QED) is 0.766. The Morgan fingerprint density at radius 1 is 1.24 bits per heavy atom. The molecule has 0 N–H and O–H groups in total. The molecule has 0 aliphatic heterocycles. The number of carbonyl (C=O) groups excluding carboxylic acids is 1. The molecule has 4 heteroatoms. The van der Waals surface area contributed by atoms with Gasteiger partial charge in [0.25, 0.3) is 0 Å². The van der Waals surface area contributed by atoms with Crippen molar-refractivity contribution in [2.45, 2.75) is 13.8 Å². The normalized spacial score (nSPS) is 10.6. The summed E-state index contributed by atoms with van der Waals surface area (Å²) in [6, 6.07) is 6.84. The van der Waals surface area contributed by atoms with E-state index in [1.807, 2.05) is 25.5 Å². The second kappa shape index (κ2) is 4.34. The minimum absolute atomic E-state index is 0.0830. The molecular weight excluding hydrogens is 236 g/mol. The molecule has 1 aromatic heterocycles. The van der Waals surface area contributed by atoms with Crippen LogP contribution in [0, 0.1) is 13.8 Å². The molecule has 0 fully saturated rings. The molecular formula is C13H13ClN2O. The summed E-state index contributed by atoms with van der Waals surface area (Å²) in [5.74, 6) is 0.377. The Labute approximate surface area is 105 Å². The van der Waals surface area contributed by atoms with E-state index in [1.165, 1.54) is 0 Å². The summed E-state index contributed by atoms with van der Waals surface area (Å²) in [5, 5.41) is 0.619. The zero-order chi connectivity index (χ0) is 12.6. The van der Waals surface area contributed by atoms with Gasteiger partial charge in [-0.15, -0.1) is 0 Å². The minimum atomic E-state index is -0.0830. The van der Waals surface area contributed by atoms with Gasteiger partial charge < -0.3 is 4.57 Å². The second-order valence-corrected chi connectivity index (χ2v) is 4.44. The Kier molecular flexibility index (Phi) is 3.03. The van der Waals surface area contributed by atoms with Crippen molar-refractivity contribution in [1.29, 1.82) is 0 Å². The number of hydrogen-bond acceptors (Lipinski definition) is 2. The van der Waals surface area contributed by atoms with Crippen molar-refractivity contribution in [3.8, 4) is 0 Å². The van der Waals surface area contributed by atoms with Crippen molar-refractivity contribution >= 4 is 17.4 Å². The maximum Gasteiger partial charge on any atom is 0.228 e. The first kappa shape index (κ1) is 11.9. The standard InChI is InChI=1S/C13H13ClN2O/c1-8-9(2)16(3)13(15-8)12(17)10-4-6-11(14)7-5-10/h4-7H,1-3H3. The number of aromatic nitrogens is 2. The number of ketones is 1. The first-order chi connectivity index (χ1) is 8.00. The molecule has 0 radical (unpaired) electrons. The number of aryl methyl sites for hydroxylation is 1. The van der Waals surface area contributed by atoms with E-state index in [9.17, 15) is 4.79 Å². The van der Waals surface area contributed by atoms with Gasteiger partial charge in [-0.1, -0.05) is 11.6 Å². The maximum absolute atomic E-state index is 12.2. The van der Waals surface area contributed by atoms with E-state index in [1.54, 1.807) is 24.3 Å². The third-order valence-corrected chi connectivity index (χ3v) is 3.18. The van der Waals surface area contributed by atoms with Crippen molar-refractivity contribution in [3.05, 3.63) is 52.1 Å². The molecule has 0 aliphatic rings. The average Bonchev–Trinajstić information content (AvgIpc) is 2.57. The largest absolute Gasteiger partial charge is 0.328 e. The first-order valence-electron chi connectivity index (χ1n) is 5.31. The molecule has 3 nitrogen and oxygen atoms in total. The highest BCUT2D eigenvalue weighted by Crippen LogP contribution is 2.15. The van der Waals surface area contributed by atoms with Crippen LogP contribution in [0.2, 0.25) is 5.02 Å². The zero-order valence-corrected chi connectivity index (χ0v) is 10.7. The molecule has 88 valence electrons. The van der Waals surface area contributed by atoms with Crippen molar-refractivity contribution in [3.63, 3.8) is 0 Å². The van der Waals surface area contributed by atoms with E-state index in [0.29, 0.717) is 16.4 Å². The summed E-state index contributed by atoms with van der Waals surface area (Å²) in [7, 11) is 1.85. The number of halogens is 1. The predicted molar refractivity (Wildman–Crippen MR) is 67.6 cm³/mol. The molecule has 0 aliphatic carbocycles. The van der Waals surface area contributed by atoms with Crippen LogP contribution < -0.4 is 0 Å². The van der Waals surface area contributed by atoms with Gasteiger partial charge in [0.1, 0.15) is 0 Å². The van der Waals surface area contributed by atoms with Gasteiger partial charge in [0.05, 0.1) is 5.69 Å². The lowest BCUT2D eigenvalue weighted by molar-refractivity contribution is 0.102. The number of benzene rings is 1. The lowest BCUT2D eigenvalue weighted by Crippen LogP contribution is -2.09. The van der Waals surface area contributed by atoms with Crippen molar-refractivity contribution < 1.29 is 4.79 Å². The third kappa shape index (κ3) is 2.11. The fourth-order valence-electron chi connectivity index (χ4n) is 1.65. The summed E-state index contributed by atoms with van der Waals surface area (Å²) in [4.78, 5) is 16.5. The van der Waals surface area contributed by atoms with Gasteiger partial charge in [-0.05, 0) is 38.1 Å². The van der Waals surface area contributed by atoms with Crippen LogP contribution >= 0.6 is 11.6 Å². The van der Waals surface area contributed by atoms with Gasteiger partial charge in [-0.3, -0.25) is 4.79 Å². The topological polar surface area (TPSA) is 34.9 Å². The highest BCUT2D eigenvalue weighted by molar-refractivity contribution is 6.30. The van der Waals surface area contributed by atoms with Gasteiger partial charge in [0.2, 0.25) is 5.78 Å². The van der Waals surface area contributed by atoms with Gasteiger partial charge in [0.15, 0.2) is 5.82 Å². The van der Waals surface area contributed by atoms with E-state index < -0.39 is 0 Å². The van der Waals surface area contributed by atoms with Gasteiger partial charge >= 0.3 is 0 Å². The molecule has 2 aromatic rings. The Balaban J connectivity index is 2.44. The Morgan fingerprint density at radius 2 is 1.82 bits per heavy atom. The Hall–Kier alpha value is -1.61. The molecule has 0 atom stereocenters. The van der Waals surface area contributed by atoms with Crippen LogP contribution in [0.25, 0.3) is 0 Å². The van der Waals surface area contributed by atoms with Crippen LogP contribution in [0.5, 0.6) is 0 Å². The molecule has 17 heavy (non-hydrogen) atoms. The predicted octanol–water partition coefficient (Wildman–Crippen LogP) is 2.92. The SMILES string of the molecule is Cc1nc(C(=O)c2ccc(Cl)cc2)n(C)c1C. The summed E-state index contributed by atoms with van der Waals surface area (Å²) in [5.41, 5.74) is 2.48. The molecule has 1 aromatic carbocycles. The summed E-state index contributed by atoms with van der Waals surface area (Å²) >= 11 is 5.79. The van der Waals surface area contributed by atoms with Gasteiger partial charge in [-0.2, -0.15) is 0 Å². The highest BCUT2D eigenvalue weighted by atomic mass is 35.5. The minimum Gasteiger partial charge on any atom is -0.328 e. The average molecular weight is 249 g/mol. The zero-order valence-electron chi connectivity index (χ0n) is 9.99. The van der Waals surface area contributed by atoms with Crippen molar-refractivity contribution in [1.82, 2.24) is 9.55 Å². The van der Waals surface area contributed by atoms with E-state index in [0.717, 1.165) is 11.4 Å². The van der Waals surface area contributed by atoms with E-state index in [4.69, 9.17) is 11.6 Å². The number of imidazole rings is 1. The number of nitrogens with zero attached hydrogens (tertiary/aromatic N) is 2. The Bertz CT molecular complexity index is 570. The van der Waals surface area contributed by atoms with E-state index in [-0.39, 0.29) is 5.78 Å². The van der Waals surface area contributed by atoms with Gasteiger partial charge in [-0.25, -0.2) is 4.98 Å². The van der Waals surface area contributed by atoms with Crippen LogP contribution in [-0.4, -0.2) is 15.3 Å². The maximum atomic E-state index is 12.2. The van der Waals surface area contributed by atoms with E-state index in [2.05, 4.69) is 4.98 Å². The lowest BCUT2D eigenvalue weighted by atomic mass is 10.1.